The number of imide groups is 1. The molecule has 9 heteroatoms. The second-order valence-corrected chi connectivity index (χ2v) is 5.84. The number of terminal acetylenes is 1. The molecule has 1 aromatic carbocycles. The monoisotopic (exact) mass is 422 g/mol. The highest BCUT2D eigenvalue weighted by Crippen LogP contribution is 2.37. The molecule has 0 unspecified atom stereocenters. The molecule has 136 valence electrons. The van der Waals surface area contributed by atoms with Crippen molar-refractivity contribution in [2.24, 2.45) is 0 Å². The van der Waals surface area contributed by atoms with Crippen LogP contribution in [0.2, 0.25) is 0 Å². The Morgan fingerprint density at radius 1 is 1.38 bits per heavy atom. The molecule has 0 atom stereocenters. The van der Waals surface area contributed by atoms with E-state index in [1.54, 1.807) is 12.1 Å². The van der Waals surface area contributed by atoms with Gasteiger partial charge in [-0.1, -0.05) is 5.92 Å². The molecule has 8 nitrogen and oxygen atoms in total. The summed E-state index contributed by atoms with van der Waals surface area (Å²) in [4.78, 5) is 36.2. The number of methoxy groups -OCH3 is 2. The zero-order chi connectivity index (χ0) is 19.3. The molecule has 1 aromatic rings. The van der Waals surface area contributed by atoms with Crippen molar-refractivity contribution in [2.75, 3.05) is 27.4 Å². The molecule has 2 rings (SSSR count). The molecular formula is C17H15BrN2O6. The standard InChI is InChI=1S/C17H15BrN2O6/c1-4-5-26-15-11(18)6-10(8-13(15)24-2)7-12-16(22)20(17(23)19-12)9-14(21)25-3/h1,6-8H,5,9H2,2-3H3,(H,19,23). The molecular weight excluding hydrogens is 408 g/mol. The molecule has 0 aromatic heterocycles. The molecule has 0 spiro atoms. The average molecular weight is 423 g/mol. The van der Waals surface area contributed by atoms with E-state index in [0.717, 1.165) is 4.90 Å². The largest absolute Gasteiger partial charge is 0.493 e. The second kappa shape index (κ2) is 8.40. The molecule has 0 radical (unpaired) electrons. The predicted octanol–water partition coefficient (Wildman–Crippen LogP) is 1.54. The molecule has 3 amide bonds. The van der Waals surface area contributed by atoms with Crippen molar-refractivity contribution < 1.29 is 28.6 Å². The lowest BCUT2D eigenvalue weighted by atomic mass is 10.1. The van der Waals surface area contributed by atoms with Crippen LogP contribution in [0.25, 0.3) is 6.08 Å². The van der Waals surface area contributed by atoms with E-state index in [0.29, 0.717) is 21.5 Å². The third-order valence-electron chi connectivity index (χ3n) is 3.34. The van der Waals surface area contributed by atoms with E-state index in [9.17, 15) is 14.4 Å². The fraction of sp³-hybridized carbons (Fsp3) is 0.235. The number of amides is 3. The maximum atomic E-state index is 12.3. The number of ether oxygens (including phenoxy) is 3. The molecule has 26 heavy (non-hydrogen) atoms. The molecule has 1 N–H and O–H groups in total. The van der Waals surface area contributed by atoms with Crippen LogP contribution in [-0.2, 0) is 14.3 Å². The summed E-state index contributed by atoms with van der Waals surface area (Å²) < 4.78 is 15.7. The Labute approximate surface area is 158 Å². The smallest absolute Gasteiger partial charge is 0.329 e. The number of urea groups is 1. The van der Waals surface area contributed by atoms with Gasteiger partial charge in [-0.05, 0) is 39.7 Å². The quantitative estimate of drug-likeness (QED) is 0.323. The minimum Gasteiger partial charge on any atom is -0.493 e. The van der Waals surface area contributed by atoms with Gasteiger partial charge in [-0.3, -0.25) is 9.59 Å². The van der Waals surface area contributed by atoms with Crippen molar-refractivity contribution in [3.05, 3.63) is 27.9 Å². The van der Waals surface area contributed by atoms with Crippen LogP contribution in [0.1, 0.15) is 5.56 Å². The number of nitrogens with one attached hydrogen (secondary N) is 1. The molecule has 1 saturated heterocycles. The van der Waals surface area contributed by atoms with Crippen LogP contribution in [0.15, 0.2) is 22.3 Å². The Balaban J connectivity index is 2.31. The van der Waals surface area contributed by atoms with Crippen LogP contribution in [0, 0.1) is 12.3 Å². The zero-order valence-corrected chi connectivity index (χ0v) is 15.6. The highest BCUT2D eigenvalue weighted by Gasteiger charge is 2.35. The third kappa shape index (κ3) is 4.15. The minimum atomic E-state index is -0.702. The van der Waals surface area contributed by atoms with Crippen LogP contribution in [0.3, 0.4) is 0 Å². The summed E-state index contributed by atoms with van der Waals surface area (Å²) in [6.07, 6.45) is 6.64. The van der Waals surface area contributed by atoms with Crippen LogP contribution in [0.4, 0.5) is 4.79 Å². The number of rotatable bonds is 6. The first-order valence-electron chi connectivity index (χ1n) is 7.26. The molecule has 1 heterocycles. The number of benzene rings is 1. The van der Waals surface area contributed by atoms with E-state index in [4.69, 9.17) is 15.9 Å². The normalized spacial score (nSPS) is 14.8. The topological polar surface area (TPSA) is 94.2 Å². The number of nitrogens with zero attached hydrogens (tertiary/aromatic N) is 1. The van der Waals surface area contributed by atoms with Gasteiger partial charge in [0.2, 0.25) is 0 Å². The Morgan fingerprint density at radius 3 is 2.73 bits per heavy atom. The van der Waals surface area contributed by atoms with Gasteiger partial charge in [0.05, 0.1) is 18.7 Å². The predicted molar refractivity (Wildman–Crippen MR) is 95.3 cm³/mol. The highest BCUT2D eigenvalue weighted by atomic mass is 79.9. The molecule has 1 aliphatic heterocycles. The van der Waals surface area contributed by atoms with Gasteiger partial charge in [-0.15, -0.1) is 6.42 Å². The Hall–Kier alpha value is -2.99. The fourth-order valence-corrected chi connectivity index (χ4v) is 2.73. The summed E-state index contributed by atoms with van der Waals surface area (Å²) in [5.41, 5.74) is 0.579. The lowest BCUT2D eigenvalue weighted by Gasteiger charge is -2.12. The van der Waals surface area contributed by atoms with Crippen molar-refractivity contribution >= 4 is 39.9 Å². The summed E-state index contributed by atoms with van der Waals surface area (Å²) >= 11 is 3.35. The van der Waals surface area contributed by atoms with Gasteiger partial charge < -0.3 is 19.5 Å². The number of carbonyl (C=O) groups excluding carboxylic acids is 3. The summed E-state index contributed by atoms with van der Waals surface area (Å²) in [5.74, 6) is 1.83. The van der Waals surface area contributed by atoms with E-state index < -0.39 is 24.5 Å². The minimum absolute atomic E-state index is 0.0187. The maximum absolute atomic E-state index is 12.3. The number of halogens is 1. The van der Waals surface area contributed by atoms with Gasteiger partial charge in [0.25, 0.3) is 5.91 Å². The van der Waals surface area contributed by atoms with Gasteiger partial charge >= 0.3 is 12.0 Å². The van der Waals surface area contributed by atoms with E-state index >= 15 is 0 Å². The fourth-order valence-electron chi connectivity index (χ4n) is 2.15. The molecule has 0 aliphatic carbocycles. The van der Waals surface area contributed by atoms with Crippen molar-refractivity contribution in [3.63, 3.8) is 0 Å². The lowest BCUT2D eigenvalue weighted by molar-refractivity contribution is -0.143. The van der Waals surface area contributed by atoms with Crippen LogP contribution < -0.4 is 14.8 Å². The van der Waals surface area contributed by atoms with Crippen molar-refractivity contribution in [2.45, 2.75) is 0 Å². The molecule has 0 saturated carbocycles. The van der Waals surface area contributed by atoms with Crippen LogP contribution in [0.5, 0.6) is 11.5 Å². The number of carbonyl (C=O) groups is 3. The first kappa shape index (κ1) is 19.3. The number of hydrogen-bond donors (Lipinski definition) is 1. The van der Waals surface area contributed by atoms with Gasteiger partial charge in [0.15, 0.2) is 11.5 Å². The van der Waals surface area contributed by atoms with E-state index in [1.807, 2.05) is 0 Å². The van der Waals surface area contributed by atoms with E-state index in [2.05, 4.69) is 31.9 Å². The summed E-state index contributed by atoms with van der Waals surface area (Å²) in [6.45, 7) is -0.406. The number of esters is 1. The summed E-state index contributed by atoms with van der Waals surface area (Å²) in [7, 11) is 2.63. The van der Waals surface area contributed by atoms with Crippen molar-refractivity contribution in [1.82, 2.24) is 10.2 Å². The highest BCUT2D eigenvalue weighted by molar-refractivity contribution is 9.10. The second-order valence-electron chi connectivity index (χ2n) is 4.98. The van der Waals surface area contributed by atoms with Crippen molar-refractivity contribution in [1.29, 1.82) is 0 Å². The van der Waals surface area contributed by atoms with Gasteiger partial charge in [0.1, 0.15) is 18.8 Å². The molecule has 1 aliphatic rings. The summed E-state index contributed by atoms with van der Waals surface area (Å²) in [6, 6.07) is 2.59. The SMILES string of the molecule is C#CCOc1c(Br)cc(C=C2NC(=O)N(CC(=O)OC)C2=O)cc1OC. The molecule has 1 fully saturated rings. The van der Waals surface area contributed by atoms with E-state index in [-0.39, 0.29) is 12.3 Å². The van der Waals surface area contributed by atoms with E-state index in [1.165, 1.54) is 20.3 Å². The first-order chi connectivity index (χ1) is 12.4. The lowest BCUT2D eigenvalue weighted by Crippen LogP contribution is -2.36. The Kier molecular flexibility index (Phi) is 6.25. The van der Waals surface area contributed by atoms with Gasteiger partial charge in [-0.25, -0.2) is 9.69 Å². The average Bonchev–Trinajstić information content (AvgIpc) is 2.87. The Bertz CT molecular complexity index is 827. The van der Waals surface area contributed by atoms with Gasteiger partial charge in [0, 0.05) is 0 Å². The number of hydrogen-bond acceptors (Lipinski definition) is 6. The first-order valence-corrected chi connectivity index (χ1v) is 8.05. The van der Waals surface area contributed by atoms with Crippen molar-refractivity contribution in [3.8, 4) is 23.8 Å². The zero-order valence-electron chi connectivity index (χ0n) is 14.0. The van der Waals surface area contributed by atoms with Crippen LogP contribution >= 0.6 is 15.9 Å². The van der Waals surface area contributed by atoms with Crippen LogP contribution in [-0.4, -0.2) is 50.2 Å². The Morgan fingerprint density at radius 2 is 2.12 bits per heavy atom. The molecule has 0 bridgehead atoms. The van der Waals surface area contributed by atoms with Gasteiger partial charge in [-0.2, -0.15) is 0 Å². The maximum Gasteiger partial charge on any atom is 0.329 e. The third-order valence-corrected chi connectivity index (χ3v) is 3.93. The summed E-state index contributed by atoms with van der Waals surface area (Å²) in [5, 5.41) is 2.41.